The molecule has 0 unspecified atom stereocenters. The molecule has 0 fully saturated rings. The lowest BCUT2D eigenvalue weighted by Crippen LogP contribution is -2.31. The molecule has 1 aromatic heterocycles. The summed E-state index contributed by atoms with van der Waals surface area (Å²) in [6.45, 7) is 0. The maximum atomic E-state index is 12.8. The summed E-state index contributed by atoms with van der Waals surface area (Å²) in [4.78, 5) is 12.8. The van der Waals surface area contributed by atoms with E-state index in [1.165, 1.54) is 6.20 Å². The highest BCUT2D eigenvalue weighted by atomic mass is 16.5. The highest BCUT2D eigenvalue weighted by Crippen LogP contribution is 2.44. The van der Waals surface area contributed by atoms with Gasteiger partial charge in [0.05, 0.1) is 20.4 Å². The quantitative estimate of drug-likeness (QED) is 0.915. The van der Waals surface area contributed by atoms with Crippen LogP contribution >= 0.6 is 0 Å². The predicted octanol–water partition coefficient (Wildman–Crippen LogP) is 2.79. The van der Waals surface area contributed by atoms with Gasteiger partial charge in [0.1, 0.15) is 35.0 Å². The fourth-order valence-electron chi connectivity index (χ4n) is 3.67. The second-order valence-corrected chi connectivity index (χ2v) is 6.27. The maximum absolute atomic E-state index is 12.8. The van der Waals surface area contributed by atoms with Crippen molar-refractivity contribution in [3.63, 3.8) is 0 Å². The van der Waals surface area contributed by atoms with E-state index in [0.717, 1.165) is 24.1 Å². The molecule has 1 aliphatic carbocycles. The minimum atomic E-state index is -0.433. The number of carbonyl (C=O) groups excluding carboxylic acids is 1. The Balaban J connectivity index is 1.96. The van der Waals surface area contributed by atoms with Crippen LogP contribution in [0.25, 0.3) is 0 Å². The smallest absolute Gasteiger partial charge is 0.163 e. The van der Waals surface area contributed by atoms with Crippen LogP contribution in [-0.4, -0.2) is 29.8 Å². The summed E-state index contributed by atoms with van der Waals surface area (Å²) in [6.07, 6.45) is 3.60. The molecule has 2 aliphatic rings. The number of hydrogen-bond acceptors (Lipinski definition) is 6. The second-order valence-electron chi connectivity index (χ2n) is 6.27. The predicted molar refractivity (Wildman–Crippen MR) is 94.1 cm³/mol. The van der Waals surface area contributed by atoms with Gasteiger partial charge in [-0.1, -0.05) is 0 Å². The van der Waals surface area contributed by atoms with Crippen molar-refractivity contribution < 1.29 is 14.3 Å². The lowest BCUT2D eigenvalue weighted by molar-refractivity contribution is -0.116. The number of ether oxygens (including phenoxy) is 2. The normalized spacial score (nSPS) is 18.5. The Hall–Kier alpha value is -3.27. The number of methoxy groups -OCH3 is 2. The molecule has 1 atom stereocenters. The zero-order chi connectivity index (χ0) is 18.3. The van der Waals surface area contributed by atoms with E-state index < -0.39 is 6.04 Å². The van der Waals surface area contributed by atoms with Crippen molar-refractivity contribution in [1.82, 2.24) is 9.78 Å². The van der Waals surface area contributed by atoms with Crippen LogP contribution in [-0.2, 0) is 4.79 Å². The fourth-order valence-corrected chi connectivity index (χ4v) is 3.67. The first-order valence-corrected chi connectivity index (χ1v) is 8.40. The summed E-state index contributed by atoms with van der Waals surface area (Å²) in [5, 5.41) is 17.0. The monoisotopic (exact) mass is 350 g/mol. The maximum Gasteiger partial charge on any atom is 0.163 e. The molecule has 2 aromatic rings. The molecule has 0 bridgehead atoms. The minimum absolute atomic E-state index is 0.0984. The van der Waals surface area contributed by atoms with Gasteiger partial charge >= 0.3 is 0 Å². The first-order chi connectivity index (χ1) is 12.7. The van der Waals surface area contributed by atoms with E-state index in [2.05, 4.69) is 16.5 Å². The van der Waals surface area contributed by atoms with Gasteiger partial charge in [0, 0.05) is 29.3 Å². The summed E-state index contributed by atoms with van der Waals surface area (Å²) in [5.74, 6) is 1.99. The summed E-state index contributed by atoms with van der Waals surface area (Å²) in [6, 6.07) is 7.24. The zero-order valence-corrected chi connectivity index (χ0v) is 14.6. The Morgan fingerprint density at radius 1 is 1.31 bits per heavy atom. The number of anilines is 1. The molecule has 7 heteroatoms. The van der Waals surface area contributed by atoms with Crippen LogP contribution in [0.15, 0.2) is 35.7 Å². The Bertz CT molecular complexity index is 968. The van der Waals surface area contributed by atoms with E-state index in [4.69, 9.17) is 9.47 Å². The molecule has 1 aliphatic heterocycles. The van der Waals surface area contributed by atoms with Crippen molar-refractivity contribution in [2.75, 3.05) is 19.5 Å². The number of aromatic nitrogens is 2. The number of benzene rings is 1. The first kappa shape index (κ1) is 16.2. The topological polar surface area (TPSA) is 89.2 Å². The Morgan fingerprint density at radius 2 is 2.15 bits per heavy atom. The van der Waals surface area contributed by atoms with E-state index in [1.807, 2.05) is 12.1 Å². The summed E-state index contributed by atoms with van der Waals surface area (Å²) >= 11 is 0. The molecule has 0 amide bonds. The van der Waals surface area contributed by atoms with Crippen molar-refractivity contribution in [2.24, 2.45) is 0 Å². The van der Waals surface area contributed by atoms with Crippen LogP contribution < -0.4 is 14.8 Å². The molecule has 26 heavy (non-hydrogen) atoms. The SMILES string of the molecule is COc1ccc([C@H]2C3=C(CCCC3=O)Nc3c(C#N)cnn32)c(OC)c1. The number of hydrogen-bond donors (Lipinski definition) is 1. The molecule has 0 saturated carbocycles. The number of allylic oxidation sites excluding steroid dienone is 2. The first-order valence-electron chi connectivity index (χ1n) is 8.40. The van der Waals surface area contributed by atoms with Gasteiger partial charge < -0.3 is 14.8 Å². The van der Waals surface area contributed by atoms with Gasteiger partial charge in [-0.2, -0.15) is 10.4 Å². The van der Waals surface area contributed by atoms with E-state index in [0.29, 0.717) is 34.9 Å². The van der Waals surface area contributed by atoms with Gasteiger partial charge in [-0.25, -0.2) is 4.68 Å². The lowest BCUT2D eigenvalue weighted by atomic mass is 9.85. The van der Waals surface area contributed by atoms with Gasteiger partial charge in [-0.3, -0.25) is 4.79 Å². The molecule has 1 N–H and O–H groups in total. The van der Waals surface area contributed by atoms with Crippen LogP contribution in [0, 0.1) is 11.3 Å². The number of ketones is 1. The second kappa shape index (κ2) is 6.23. The van der Waals surface area contributed by atoms with E-state index >= 15 is 0 Å². The molecule has 132 valence electrons. The van der Waals surface area contributed by atoms with Gasteiger partial charge in [0.15, 0.2) is 5.78 Å². The molecule has 2 heterocycles. The van der Waals surface area contributed by atoms with Crippen LogP contribution in [0.5, 0.6) is 11.5 Å². The number of nitrogens with one attached hydrogen (secondary N) is 1. The van der Waals surface area contributed by atoms with E-state index in [-0.39, 0.29) is 5.78 Å². The fraction of sp³-hybridized carbons (Fsp3) is 0.316. The Kier molecular flexibility index (Phi) is 3.88. The van der Waals surface area contributed by atoms with Gasteiger partial charge in [-0.05, 0) is 25.0 Å². The number of nitrogens with zero attached hydrogens (tertiary/aromatic N) is 3. The average molecular weight is 350 g/mol. The highest BCUT2D eigenvalue weighted by molar-refractivity contribution is 5.99. The van der Waals surface area contributed by atoms with Gasteiger partial charge in [0.2, 0.25) is 0 Å². The van der Waals surface area contributed by atoms with Crippen LogP contribution in [0.1, 0.15) is 36.4 Å². The van der Waals surface area contributed by atoms with Crippen molar-refractivity contribution >= 4 is 11.6 Å². The molecular formula is C19H18N4O3. The third-order valence-corrected chi connectivity index (χ3v) is 4.89. The van der Waals surface area contributed by atoms with E-state index in [1.54, 1.807) is 25.0 Å². The number of fused-ring (bicyclic) bond motifs is 1. The molecule has 4 rings (SSSR count). The molecular weight excluding hydrogens is 332 g/mol. The summed E-state index contributed by atoms with van der Waals surface area (Å²) in [7, 11) is 3.18. The number of Topliss-reactive ketones (excluding diaryl/α,β-unsaturated/α-hetero) is 1. The third kappa shape index (κ3) is 2.34. The molecule has 0 radical (unpaired) electrons. The molecule has 0 saturated heterocycles. The molecule has 1 aromatic carbocycles. The Labute approximate surface area is 150 Å². The average Bonchev–Trinajstić information content (AvgIpc) is 3.08. The van der Waals surface area contributed by atoms with Crippen molar-refractivity contribution in [3.8, 4) is 17.6 Å². The van der Waals surface area contributed by atoms with Crippen molar-refractivity contribution in [2.45, 2.75) is 25.3 Å². The third-order valence-electron chi connectivity index (χ3n) is 4.89. The summed E-state index contributed by atoms with van der Waals surface area (Å²) in [5.41, 5.74) is 2.83. The van der Waals surface area contributed by atoms with Crippen LogP contribution in [0.2, 0.25) is 0 Å². The zero-order valence-electron chi connectivity index (χ0n) is 14.6. The van der Waals surface area contributed by atoms with Gasteiger partial charge in [0.25, 0.3) is 0 Å². The largest absolute Gasteiger partial charge is 0.497 e. The molecule has 7 nitrogen and oxygen atoms in total. The lowest BCUT2D eigenvalue weighted by Gasteiger charge is -2.33. The van der Waals surface area contributed by atoms with Crippen LogP contribution in [0.3, 0.4) is 0 Å². The standard InChI is InChI=1S/C19H18N4O3/c1-25-12-6-7-13(16(8-12)26-2)18-17-14(4-3-5-15(17)24)22-19-11(9-20)10-21-23(18)19/h6-8,10,18,22H,3-5H2,1-2H3/t18-/m0/s1. The summed E-state index contributed by atoms with van der Waals surface area (Å²) < 4.78 is 12.5. The number of carbonyl (C=O) groups is 1. The Morgan fingerprint density at radius 3 is 2.88 bits per heavy atom. The van der Waals surface area contributed by atoms with Crippen molar-refractivity contribution in [3.05, 3.63) is 46.8 Å². The number of rotatable bonds is 3. The van der Waals surface area contributed by atoms with Gasteiger partial charge in [-0.15, -0.1) is 0 Å². The minimum Gasteiger partial charge on any atom is -0.497 e. The van der Waals surface area contributed by atoms with Crippen LogP contribution in [0.4, 0.5) is 5.82 Å². The van der Waals surface area contributed by atoms with E-state index in [9.17, 15) is 10.1 Å². The number of nitriles is 1. The highest BCUT2D eigenvalue weighted by Gasteiger charge is 2.38. The van der Waals surface area contributed by atoms with Crippen molar-refractivity contribution in [1.29, 1.82) is 5.26 Å². The molecule has 0 spiro atoms.